The molecule has 1 atom stereocenters. The first-order valence-electron chi connectivity index (χ1n) is 8.28. The third kappa shape index (κ3) is 5.53. The second-order valence-electron chi connectivity index (χ2n) is 6.39. The van der Waals surface area contributed by atoms with E-state index in [1.807, 2.05) is 24.3 Å². The Kier molecular flexibility index (Phi) is 6.62. The van der Waals surface area contributed by atoms with Crippen LogP contribution in [-0.2, 0) is 6.42 Å². The van der Waals surface area contributed by atoms with Gasteiger partial charge in [0.15, 0.2) is 5.11 Å². The number of anilines is 1. The fourth-order valence-corrected chi connectivity index (χ4v) is 2.86. The summed E-state index contributed by atoms with van der Waals surface area (Å²) in [5.41, 5.74) is 3.50. The highest BCUT2D eigenvalue weighted by atomic mass is 32.1. The SMILES string of the molecule is COc1cccc(NC(=S)NC(C)c2ccc(CC(C)C)cc2)c1. The van der Waals surface area contributed by atoms with Crippen LogP contribution in [0.5, 0.6) is 5.75 Å². The van der Waals surface area contributed by atoms with Crippen LogP contribution in [0.2, 0.25) is 0 Å². The molecule has 0 spiro atoms. The Morgan fingerprint density at radius 3 is 2.42 bits per heavy atom. The zero-order valence-electron chi connectivity index (χ0n) is 14.8. The Bertz CT molecular complexity index is 668. The molecule has 24 heavy (non-hydrogen) atoms. The van der Waals surface area contributed by atoms with Gasteiger partial charge in [0, 0.05) is 11.8 Å². The number of nitrogens with one attached hydrogen (secondary N) is 2. The van der Waals surface area contributed by atoms with Gasteiger partial charge in [-0.3, -0.25) is 0 Å². The Balaban J connectivity index is 1.93. The van der Waals surface area contributed by atoms with Crippen LogP contribution in [0, 0.1) is 5.92 Å². The lowest BCUT2D eigenvalue weighted by Crippen LogP contribution is -2.30. The van der Waals surface area contributed by atoms with Gasteiger partial charge in [-0.15, -0.1) is 0 Å². The number of hydrogen-bond donors (Lipinski definition) is 2. The van der Waals surface area contributed by atoms with Gasteiger partial charge < -0.3 is 15.4 Å². The molecule has 0 aliphatic rings. The van der Waals surface area contributed by atoms with E-state index in [-0.39, 0.29) is 6.04 Å². The van der Waals surface area contributed by atoms with Crippen LogP contribution < -0.4 is 15.4 Å². The molecule has 0 radical (unpaired) electrons. The molecule has 0 aliphatic heterocycles. The molecular formula is C20H26N2OS. The van der Waals surface area contributed by atoms with Gasteiger partial charge >= 0.3 is 0 Å². The average molecular weight is 343 g/mol. The second kappa shape index (κ2) is 8.69. The van der Waals surface area contributed by atoms with E-state index in [2.05, 4.69) is 55.7 Å². The summed E-state index contributed by atoms with van der Waals surface area (Å²) in [5.74, 6) is 1.47. The fourth-order valence-electron chi connectivity index (χ4n) is 2.56. The minimum atomic E-state index is 0.142. The molecule has 0 fully saturated rings. The Morgan fingerprint density at radius 2 is 1.79 bits per heavy atom. The minimum absolute atomic E-state index is 0.142. The van der Waals surface area contributed by atoms with Crippen molar-refractivity contribution in [2.24, 2.45) is 5.92 Å². The lowest BCUT2D eigenvalue weighted by atomic mass is 10.00. The highest BCUT2D eigenvalue weighted by Crippen LogP contribution is 2.18. The summed E-state index contributed by atoms with van der Waals surface area (Å²) in [5, 5.41) is 7.12. The minimum Gasteiger partial charge on any atom is -0.497 e. The molecular weight excluding hydrogens is 316 g/mol. The molecule has 0 aliphatic carbocycles. The van der Waals surface area contributed by atoms with E-state index in [4.69, 9.17) is 17.0 Å². The first-order valence-corrected chi connectivity index (χ1v) is 8.69. The van der Waals surface area contributed by atoms with Crippen molar-refractivity contribution in [3.63, 3.8) is 0 Å². The van der Waals surface area contributed by atoms with E-state index < -0.39 is 0 Å². The third-order valence-corrected chi connectivity index (χ3v) is 4.02. The number of rotatable bonds is 6. The predicted molar refractivity (Wildman–Crippen MR) is 106 cm³/mol. The number of thiocarbonyl (C=S) groups is 1. The lowest BCUT2D eigenvalue weighted by Gasteiger charge is -2.18. The topological polar surface area (TPSA) is 33.3 Å². The monoisotopic (exact) mass is 342 g/mol. The zero-order chi connectivity index (χ0) is 17.5. The summed E-state index contributed by atoms with van der Waals surface area (Å²) in [6, 6.07) is 16.6. The van der Waals surface area contributed by atoms with Crippen LogP contribution in [0.15, 0.2) is 48.5 Å². The third-order valence-electron chi connectivity index (χ3n) is 3.80. The van der Waals surface area contributed by atoms with Gasteiger partial charge in [-0.25, -0.2) is 0 Å². The van der Waals surface area contributed by atoms with E-state index in [0.29, 0.717) is 11.0 Å². The van der Waals surface area contributed by atoms with E-state index >= 15 is 0 Å². The summed E-state index contributed by atoms with van der Waals surface area (Å²) >= 11 is 5.41. The van der Waals surface area contributed by atoms with Gasteiger partial charge in [-0.2, -0.15) is 0 Å². The van der Waals surface area contributed by atoms with Crippen molar-refractivity contribution in [1.29, 1.82) is 0 Å². The number of ether oxygens (including phenoxy) is 1. The van der Waals surface area contributed by atoms with Gasteiger partial charge in [-0.05, 0) is 54.7 Å². The van der Waals surface area contributed by atoms with Crippen molar-refractivity contribution in [3.05, 3.63) is 59.7 Å². The van der Waals surface area contributed by atoms with E-state index in [1.165, 1.54) is 11.1 Å². The standard InChI is InChI=1S/C20H26N2OS/c1-14(2)12-16-8-10-17(11-9-16)15(3)21-20(24)22-18-6-5-7-19(13-18)23-4/h5-11,13-15H,12H2,1-4H3,(H2,21,22,24). The van der Waals surface area contributed by atoms with Crippen molar-refractivity contribution in [2.75, 3.05) is 12.4 Å². The quantitative estimate of drug-likeness (QED) is 0.728. The van der Waals surface area contributed by atoms with Crippen LogP contribution in [0.25, 0.3) is 0 Å². The van der Waals surface area contributed by atoms with Crippen LogP contribution in [0.4, 0.5) is 5.69 Å². The molecule has 2 N–H and O–H groups in total. The molecule has 2 aromatic rings. The Labute approximate surface area is 150 Å². The van der Waals surface area contributed by atoms with Gasteiger partial charge in [0.2, 0.25) is 0 Å². The van der Waals surface area contributed by atoms with E-state index in [1.54, 1.807) is 7.11 Å². The summed E-state index contributed by atoms with van der Waals surface area (Å²) in [6.07, 6.45) is 1.11. The highest BCUT2D eigenvalue weighted by Gasteiger charge is 2.08. The van der Waals surface area contributed by atoms with Gasteiger partial charge in [0.1, 0.15) is 5.75 Å². The molecule has 3 nitrogen and oxygen atoms in total. The molecule has 4 heteroatoms. The number of benzene rings is 2. The molecule has 0 heterocycles. The Morgan fingerprint density at radius 1 is 1.08 bits per heavy atom. The van der Waals surface area contributed by atoms with Gasteiger partial charge in [0.25, 0.3) is 0 Å². The summed E-state index contributed by atoms with van der Waals surface area (Å²) in [4.78, 5) is 0. The smallest absolute Gasteiger partial charge is 0.171 e. The molecule has 2 aromatic carbocycles. The largest absolute Gasteiger partial charge is 0.497 e. The molecule has 0 bridgehead atoms. The lowest BCUT2D eigenvalue weighted by molar-refractivity contribution is 0.415. The predicted octanol–water partition coefficient (Wildman–Crippen LogP) is 4.94. The first-order chi connectivity index (χ1) is 11.5. The van der Waals surface area contributed by atoms with Crippen LogP contribution >= 0.6 is 12.2 Å². The van der Waals surface area contributed by atoms with Crippen LogP contribution in [0.1, 0.15) is 37.9 Å². The van der Waals surface area contributed by atoms with Crippen molar-refractivity contribution in [2.45, 2.75) is 33.2 Å². The number of methoxy groups -OCH3 is 1. The van der Waals surface area contributed by atoms with Crippen molar-refractivity contribution < 1.29 is 4.74 Å². The molecule has 0 saturated heterocycles. The Hall–Kier alpha value is -2.07. The fraction of sp³-hybridized carbons (Fsp3) is 0.350. The van der Waals surface area contributed by atoms with Crippen LogP contribution in [0.3, 0.4) is 0 Å². The first kappa shape index (κ1) is 18.3. The van der Waals surface area contributed by atoms with Gasteiger partial charge in [0.05, 0.1) is 13.2 Å². The van der Waals surface area contributed by atoms with E-state index in [9.17, 15) is 0 Å². The van der Waals surface area contributed by atoms with Crippen molar-refractivity contribution in [1.82, 2.24) is 5.32 Å². The van der Waals surface area contributed by atoms with Crippen molar-refractivity contribution in [3.8, 4) is 5.75 Å². The molecule has 0 saturated carbocycles. The number of hydrogen-bond acceptors (Lipinski definition) is 2. The molecule has 128 valence electrons. The molecule has 0 aromatic heterocycles. The summed E-state index contributed by atoms with van der Waals surface area (Å²) in [6.45, 7) is 6.58. The van der Waals surface area contributed by atoms with Crippen LogP contribution in [-0.4, -0.2) is 12.2 Å². The highest BCUT2D eigenvalue weighted by molar-refractivity contribution is 7.80. The average Bonchev–Trinajstić information content (AvgIpc) is 2.55. The summed E-state index contributed by atoms with van der Waals surface area (Å²) < 4.78 is 5.22. The molecule has 2 rings (SSSR count). The van der Waals surface area contributed by atoms with Crippen molar-refractivity contribution >= 4 is 23.0 Å². The molecule has 0 amide bonds. The van der Waals surface area contributed by atoms with E-state index in [0.717, 1.165) is 17.9 Å². The molecule has 1 unspecified atom stereocenters. The normalized spacial score (nSPS) is 11.9. The zero-order valence-corrected chi connectivity index (χ0v) is 15.6. The maximum absolute atomic E-state index is 5.41. The second-order valence-corrected chi connectivity index (χ2v) is 6.80. The van der Waals surface area contributed by atoms with Gasteiger partial charge in [-0.1, -0.05) is 44.2 Å². The maximum atomic E-state index is 5.41. The maximum Gasteiger partial charge on any atom is 0.171 e. The summed E-state index contributed by atoms with van der Waals surface area (Å²) in [7, 11) is 1.65.